The SMILES string of the molecule is CN=C(NCCc1csc(C)n1)NCc1ccc(CN2CCC(C)CC2)cc1.I. The molecule has 0 radical (unpaired) electrons. The first-order valence-corrected chi connectivity index (χ1v) is 11.2. The maximum absolute atomic E-state index is 4.50. The quantitative estimate of drug-likeness (QED) is 0.322. The number of halogens is 1. The number of likely N-dealkylation sites (tertiary alicyclic amines) is 1. The summed E-state index contributed by atoms with van der Waals surface area (Å²) in [4.78, 5) is 11.4. The molecule has 7 heteroatoms. The Hall–Kier alpha value is -1.19. The summed E-state index contributed by atoms with van der Waals surface area (Å²) in [6, 6.07) is 8.96. The minimum atomic E-state index is 0. The van der Waals surface area contributed by atoms with Gasteiger partial charge in [0.15, 0.2) is 5.96 Å². The highest BCUT2D eigenvalue weighted by Crippen LogP contribution is 2.18. The average Bonchev–Trinajstić information content (AvgIpc) is 3.12. The first kappa shape index (κ1) is 24.1. The molecule has 2 heterocycles. The molecule has 0 unspecified atom stereocenters. The van der Waals surface area contributed by atoms with Crippen LogP contribution in [0.1, 0.15) is 41.6 Å². The Balaban J connectivity index is 0.00000300. The standard InChI is InChI=1S/C22H33N5S.HI/c1-17-9-12-27(13-10-17)15-20-6-4-19(5-7-20)14-25-22(23-3)24-11-8-21-16-28-18(2)26-21;/h4-7,16-17H,8-15H2,1-3H3,(H2,23,24,25);1H. The van der Waals surface area contributed by atoms with Crippen LogP contribution in [0.15, 0.2) is 34.6 Å². The van der Waals surface area contributed by atoms with Gasteiger partial charge in [-0.25, -0.2) is 4.98 Å². The van der Waals surface area contributed by atoms with Crippen LogP contribution in [0.25, 0.3) is 0 Å². The van der Waals surface area contributed by atoms with Crippen LogP contribution in [0.2, 0.25) is 0 Å². The van der Waals surface area contributed by atoms with Crippen LogP contribution < -0.4 is 10.6 Å². The van der Waals surface area contributed by atoms with Gasteiger partial charge in [-0.05, 0) is 49.9 Å². The van der Waals surface area contributed by atoms with Crippen molar-refractivity contribution in [2.75, 3.05) is 26.7 Å². The third-order valence-corrected chi connectivity index (χ3v) is 6.15. The van der Waals surface area contributed by atoms with Gasteiger partial charge < -0.3 is 10.6 Å². The fourth-order valence-electron chi connectivity index (χ4n) is 3.48. The fourth-order valence-corrected chi connectivity index (χ4v) is 4.13. The van der Waals surface area contributed by atoms with Crippen LogP contribution in [0.4, 0.5) is 0 Å². The van der Waals surface area contributed by atoms with Crippen LogP contribution in [0, 0.1) is 12.8 Å². The van der Waals surface area contributed by atoms with E-state index in [-0.39, 0.29) is 24.0 Å². The van der Waals surface area contributed by atoms with Crippen molar-refractivity contribution in [2.24, 2.45) is 10.9 Å². The van der Waals surface area contributed by atoms with E-state index < -0.39 is 0 Å². The maximum Gasteiger partial charge on any atom is 0.191 e. The lowest BCUT2D eigenvalue weighted by atomic mass is 9.99. The Morgan fingerprint density at radius 1 is 1.17 bits per heavy atom. The van der Waals surface area contributed by atoms with E-state index in [1.807, 2.05) is 14.0 Å². The van der Waals surface area contributed by atoms with Crippen LogP contribution in [0.3, 0.4) is 0 Å². The molecule has 0 spiro atoms. The zero-order valence-corrected chi connectivity index (χ0v) is 20.9. The van der Waals surface area contributed by atoms with Crippen LogP contribution in [-0.2, 0) is 19.5 Å². The van der Waals surface area contributed by atoms with Gasteiger partial charge in [-0.15, -0.1) is 35.3 Å². The lowest BCUT2D eigenvalue weighted by molar-refractivity contribution is 0.185. The Bertz CT molecular complexity index is 751. The molecule has 1 saturated heterocycles. The highest BCUT2D eigenvalue weighted by Gasteiger charge is 2.15. The van der Waals surface area contributed by atoms with Gasteiger partial charge in [0, 0.05) is 38.5 Å². The van der Waals surface area contributed by atoms with Crippen molar-refractivity contribution in [2.45, 2.75) is 46.2 Å². The fraction of sp³-hybridized carbons (Fsp3) is 0.545. The van der Waals surface area contributed by atoms with Gasteiger partial charge in [-0.2, -0.15) is 0 Å². The summed E-state index contributed by atoms with van der Waals surface area (Å²) >= 11 is 1.70. The van der Waals surface area contributed by atoms with Crippen molar-refractivity contribution >= 4 is 41.3 Å². The molecule has 0 bridgehead atoms. The van der Waals surface area contributed by atoms with Crippen molar-refractivity contribution < 1.29 is 0 Å². The second-order valence-corrected chi connectivity index (χ2v) is 8.80. The van der Waals surface area contributed by atoms with Gasteiger partial charge in [0.2, 0.25) is 0 Å². The smallest absolute Gasteiger partial charge is 0.191 e. The van der Waals surface area contributed by atoms with Gasteiger partial charge in [-0.1, -0.05) is 31.2 Å². The molecule has 1 aromatic carbocycles. The molecule has 160 valence electrons. The molecule has 2 N–H and O–H groups in total. The van der Waals surface area contributed by atoms with Crippen molar-refractivity contribution in [3.05, 3.63) is 51.5 Å². The normalized spacial score (nSPS) is 15.8. The molecule has 0 atom stereocenters. The number of nitrogens with one attached hydrogen (secondary N) is 2. The maximum atomic E-state index is 4.50. The Morgan fingerprint density at radius 2 is 1.86 bits per heavy atom. The molecule has 5 nitrogen and oxygen atoms in total. The summed E-state index contributed by atoms with van der Waals surface area (Å²) in [7, 11) is 1.81. The van der Waals surface area contributed by atoms with Gasteiger partial charge in [-0.3, -0.25) is 9.89 Å². The number of hydrogen-bond donors (Lipinski definition) is 2. The zero-order chi connectivity index (χ0) is 19.8. The van der Waals surface area contributed by atoms with E-state index in [2.05, 4.69) is 62.1 Å². The summed E-state index contributed by atoms with van der Waals surface area (Å²) in [5.41, 5.74) is 3.82. The number of aryl methyl sites for hydroxylation is 1. The van der Waals surface area contributed by atoms with E-state index in [0.29, 0.717) is 0 Å². The molecule has 1 fully saturated rings. The number of aliphatic imine (C=N–C) groups is 1. The summed E-state index contributed by atoms with van der Waals surface area (Å²) < 4.78 is 0. The molecule has 1 aromatic heterocycles. The van der Waals surface area contributed by atoms with Crippen LogP contribution in [0.5, 0.6) is 0 Å². The molecular formula is C22H34IN5S. The van der Waals surface area contributed by atoms with E-state index in [1.54, 1.807) is 11.3 Å². The Morgan fingerprint density at radius 3 is 2.48 bits per heavy atom. The summed E-state index contributed by atoms with van der Waals surface area (Å²) in [6.07, 6.45) is 3.57. The number of piperidine rings is 1. The largest absolute Gasteiger partial charge is 0.356 e. The summed E-state index contributed by atoms with van der Waals surface area (Å²) in [5.74, 6) is 1.72. The van der Waals surface area contributed by atoms with E-state index in [9.17, 15) is 0 Å². The highest BCUT2D eigenvalue weighted by molar-refractivity contribution is 14.0. The summed E-state index contributed by atoms with van der Waals surface area (Å²) in [6.45, 7) is 9.54. The predicted octanol–water partition coefficient (Wildman–Crippen LogP) is 4.21. The van der Waals surface area contributed by atoms with Gasteiger partial charge >= 0.3 is 0 Å². The monoisotopic (exact) mass is 527 g/mol. The number of benzene rings is 1. The van der Waals surface area contributed by atoms with E-state index in [0.717, 1.165) is 48.6 Å². The first-order chi connectivity index (χ1) is 13.6. The van der Waals surface area contributed by atoms with E-state index in [1.165, 1.54) is 37.1 Å². The van der Waals surface area contributed by atoms with Crippen molar-refractivity contribution in [3.63, 3.8) is 0 Å². The molecule has 1 aliphatic heterocycles. The topological polar surface area (TPSA) is 52.6 Å². The number of hydrogen-bond acceptors (Lipinski definition) is 4. The van der Waals surface area contributed by atoms with Crippen molar-refractivity contribution in [1.82, 2.24) is 20.5 Å². The number of nitrogens with zero attached hydrogens (tertiary/aromatic N) is 3. The number of thiazole rings is 1. The van der Waals surface area contributed by atoms with Crippen LogP contribution in [-0.4, -0.2) is 42.5 Å². The Labute approximate surface area is 196 Å². The van der Waals surface area contributed by atoms with Crippen molar-refractivity contribution in [3.8, 4) is 0 Å². The third-order valence-electron chi connectivity index (χ3n) is 5.33. The zero-order valence-electron chi connectivity index (χ0n) is 17.8. The average molecular weight is 528 g/mol. The molecule has 2 aromatic rings. The number of rotatable bonds is 7. The molecule has 0 amide bonds. The molecule has 0 saturated carbocycles. The van der Waals surface area contributed by atoms with E-state index in [4.69, 9.17) is 0 Å². The Kier molecular flexibility index (Phi) is 10.4. The molecule has 0 aliphatic carbocycles. The molecule has 29 heavy (non-hydrogen) atoms. The second-order valence-electron chi connectivity index (χ2n) is 7.74. The lowest BCUT2D eigenvalue weighted by Crippen LogP contribution is -2.37. The minimum absolute atomic E-state index is 0. The van der Waals surface area contributed by atoms with E-state index >= 15 is 0 Å². The van der Waals surface area contributed by atoms with Gasteiger partial charge in [0.05, 0.1) is 10.7 Å². The molecular weight excluding hydrogens is 493 g/mol. The lowest BCUT2D eigenvalue weighted by Gasteiger charge is -2.30. The molecule has 1 aliphatic rings. The second kappa shape index (κ2) is 12.5. The highest BCUT2D eigenvalue weighted by atomic mass is 127. The van der Waals surface area contributed by atoms with Gasteiger partial charge in [0.25, 0.3) is 0 Å². The number of guanidine groups is 1. The van der Waals surface area contributed by atoms with Crippen LogP contribution >= 0.6 is 35.3 Å². The summed E-state index contributed by atoms with van der Waals surface area (Å²) in [5, 5.41) is 10.0. The minimum Gasteiger partial charge on any atom is -0.356 e. The van der Waals surface area contributed by atoms with Gasteiger partial charge in [0.1, 0.15) is 0 Å². The third kappa shape index (κ3) is 8.22. The number of aromatic nitrogens is 1. The molecule has 3 rings (SSSR count). The van der Waals surface area contributed by atoms with Crippen molar-refractivity contribution in [1.29, 1.82) is 0 Å². The first-order valence-electron chi connectivity index (χ1n) is 10.3. The predicted molar refractivity (Wildman–Crippen MR) is 134 cm³/mol.